The molecule has 0 aliphatic carbocycles. The number of nitrogens with one attached hydrogen (secondary N) is 1. The van der Waals surface area contributed by atoms with Crippen LogP contribution in [0.15, 0.2) is 27.6 Å². The number of carbonyl (C=O) groups excluding carboxylic acids is 2. The van der Waals surface area contributed by atoms with Crippen LogP contribution in [-0.2, 0) is 14.8 Å². The molecule has 1 rings (SSSR count). The maximum atomic E-state index is 11.8. The summed E-state index contributed by atoms with van der Waals surface area (Å²) in [6.45, 7) is 0. The zero-order chi connectivity index (χ0) is 14.6. The summed E-state index contributed by atoms with van der Waals surface area (Å²) in [5.41, 5.74) is 0.205. The molecular weight excluding hydrogens is 336 g/mol. The standard InChI is InChI=1S/C11H13BrN2O4S/c1-14-11(16)5-4-9(15)7-2-3-8(12)10(6-7)19(13,17)18/h2-3,6H,4-5H2,1H3,(H,14,16)(H2,13,17,18). The number of hydrogen-bond acceptors (Lipinski definition) is 4. The second-order valence-corrected chi connectivity index (χ2v) is 6.17. The van der Waals surface area contributed by atoms with Crippen molar-refractivity contribution in [1.29, 1.82) is 0 Å². The van der Waals surface area contributed by atoms with Crippen LogP contribution in [0.2, 0.25) is 0 Å². The molecule has 19 heavy (non-hydrogen) atoms. The molecule has 0 saturated carbocycles. The molecule has 0 aromatic heterocycles. The Hall–Kier alpha value is -1.25. The van der Waals surface area contributed by atoms with Gasteiger partial charge < -0.3 is 5.32 Å². The van der Waals surface area contributed by atoms with Gasteiger partial charge in [0.15, 0.2) is 5.78 Å². The summed E-state index contributed by atoms with van der Waals surface area (Å²) < 4.78 is 22.9. The van der Waals surface area contributed by atoms with Gasteiger partial charge in [-0.3, -0.25) is 9.59 Å². The molecule has 0 aliphatic heterocycles. The highest BCUT2D eigenvalue weighted by atomic mass is 79.9. The number of amides is 1. The molecule has 6 nitrogen and oxygen atoms in total. The van der Waals surface area contributed by atoms with E-state index in [0.29, 0.717) is 0 Å². The van der Waals surface area contributed by atoms with E-state index >= 15 is 0 Å². The summed E-state index contributed by atoms with van der Waals surface area (Å²) in [5.74, 6) is -0.571. The van der Waals surface area contributed by atoms with Gasteiger partial charge in [-0.2, -0.15) is 0 Å². The van der Waals surface area contributed by atoms with Gasteiger partial charge in [0.05, 0.1) is 4.90 Å². The Morgan fingerprint density at radius 2 is 1.95 bits per heavy atom. The normalized spacial score (nSPS) is 11.1. The maximum Gasteiger partial charge on any atom is 0.239 e. The Morgan fingerprint density at radius 1 is 1.32 bits per heavy atom. The van der Waals surface area contributed by atoms with Gasteiger partial charge in [0.1, 0.15) is 0 Å². The molecule has 0 unspecified atom stereocenters. The molecule has 104 valence electrons. The molecule has 1 amide bonds. The average molecular weight is 349 g/mol. The first-order valence-electron chi connectivity index (χ1n) is 5.32. The van der Waals surface area contributed by atoms with E-state index < -0.39 is 10.0 Å². The predicted octanol–water partition coefficient (Wildman–Crippen LogP) is 0.805. The van der Waals surface area contributed by atoms with Crippen LogP contribution in [0.25, 0.3) is 0 Å². The van der Waals surface area contributed by atoms with Crippen LogP contribution in [0.1, 0.15) is 23.2 Å². The van der Waals surface area contributed by atoms with E-state index in [0.717, 1.165) is 0 Å². The van der Waals surface area contributed by atoms with Crippen molar-refractivity contribution < 1.29 is 18.0 Å². The first-order valence-corrected chi connectivity index (χ1v) is 7.65. The smallest absolute Gasteiger partial charge is 0.239 e. The van der Waals surface area contributed by atoms with Crippen LogP contribution < -0.4 is 10.5 Å². The topological polar surface area (TPSA) is 106 Å². The molecule has 0 atom stereocenters. The van der Waals surface area contributed by atoms with Gasteiger partial charge in [0.2, 0.25) is 15.9 Å². The van der Waals surface area contributed by atoms with Crippen molar-refractivity contribution in [3.8, 4) is 0 Å². The molecule has 0 saturated heterocycles. The molecule has 0 bridgehead atoms. The Balaban J connectivity index is 2.97. The van der Waals surface area contributed by atoms with E-state index in [1.165, 1.54) is 25.2 Å². The van der Waals surface area contributed by atoms with Crippen LogP contribution in [-0.4, -0.2) is 27.2 Å². The fourth-order valence-electron chi connectivity index (χ4n) is 1.39. The second-order valence-electron chi connectivity index (χ2n) is 3.79. The van der Waals surface area contributed by atoms with E-state index in [2.05, 4.69) is 21.2 Å². The van der Waals surface area contributed by atoms with Crippen molar-refractivity contribution in [1.82, 2.24) is 5.32 Å². The zero-order valence-electron chi connectivity index (χ0n) is 10.1. The van der Waals surface area contributed by atoms with Gasteiger partial charge in [-0.15, -0.1) is 0 Å². The van der Waals surface area contributed by atoms with Gasteiger partial charge in [0.25, 0.3) is 0 Å². The Morgan fingerprint density at radius 3 is 2.47 bits per heavy atom. The third kappa shape index (κ3) is 4.41. The van der Waals surface area contributed by atoms with E-state index in [9.17, 15) is 18.0 Å². The third-order valence-corrected chi connectivity index (χ3v) is 4.32. The van der Waals surface area contributed by atoms with Gasteiger partial charge in [0, 0.05) is 29.9 Å². The summed E-state index contributed by atoms with van der Waals surface area (Å²) in [7, 11) is -2.43. The quantitative estimate of drug-likeness (QED) is 0.767. The van der Waals surface area contributed by atoms with E-state index in [4.69, 9.17) is 5.14 Å². The molecule has 0 heterocycles. The highest BCUT2D eigenvalue weighted by Gasteiger charge is 2.16. The minimum absolute atomic E-state index is 0.00532. The number of ketones is 1. The van der Waals surface area contributed by atoms with Crippen LogP contribution in [0.5, 0.6) is 0 Å². The minimum atomic E-state index is -3.90. The molecule has 1 aromatic carbocycles. The highest BCUT2D eigenvalue weighted by molar-refractivity contribution is 9.10. The van der Waals surface area contributed by atoms with Crippen molar-refractivity contribution in [2.45, 2.75) is 17.7 Å². The van der Waals surface area contributed by atoms with Crippen LogP contribution in [0.4, 0.5) is 0 Å². The lowest BCUT2D eigenvalue weighted by Crippen LogP contribution is -2.19. The lowest BCUT2D eigenvalue weighted by molar-refractivity contribution is -0.120. The molecule has 0 spiro atoms. The molecule has 3 N–H and O–H groups in total. The number of hydrogen-bond donors (Lipinski definition) is 2. The molecule has 8 heteroatoms. The summed E-state index contributed by atoms with van der Waals surface area (Å²) in [6.07, 6.45) is 0.0570. The first kappa shape index (κ1) is 15.8. The summed E-state index contributed by atoms with van der Waals surface area (Å²) >= 11 is 3.05. The number of halogens is 1. The fourth-order valence-corrected chi connectivity index (χ4v) is 2.95. The van der Waals surface area contributed by atoms with E-state index in [-0.39, 0.29) is 39.5 Å². The van der Waals surface area contributed by atoms with Crippen molar-refractivity contribution in [3.05, 3.63) is 28.2 Å². The molecule has 1 aromatic rings. The SMILES string of the molecule is CNC(=O)CCC(=O)c1ccc(Br)c(S(N)(=O)=O)c1. The third-order valence-electron chi connectivity index (χ3n) is 2.42. The summed E-state index contributed by atoms with van der Waals surface area (Å²) in [5, 5.41) is 7.44. The van der Waals surface area contributed by atoms with Gasteiger partial charge in [-0.25, -0.2) is 13.6 Å². The molecule has 0 radical (unpaired) electrons. The van der Waals surface area contributed by atoms with Crippen LogP contribution in [0.3, 0.4) is 0 Å². The number of carbonyl (C=O) groups is 2. The molecule has 0 fully saturated rings. The Kier molecular flexibility index (Phi) is 5.21. The highest BCUT2D eigenvalue weighted by Crippen LogP contribution is 2.22. The Bertz CT molecular complexity index is 613. The van der Waals surface area contributed by atoms with Gasteiger partial charge >= 0.3 is 0 Å². The van der Waals surface area contributed by atoms with Crippen LogP contribution in [0, 0.1) is 0 Å². The number of benzene rings is 1. The summed E-state index contributed by atoms with van der Waals surface area (Å²) in [4.78, 5) is 22.7. The number of rotatable bonds is 5. The first-order chi connectivity index (χ1) is 8.75. The van der Waals surface area contributed by atoms with Gasteiger partial charge in [-0.05, 0) is 28.1 Å². The average Bonchev–Trinajstić information content (AvgIpc) is 2.34. The zero-order valence-corrected chi connectivity index (χ0v) is 12.5. The monoisotopic (exact) mass is 348 g/mol. The fraction of sp³-hybridized carbons (Fsp3) is 0.273. The van der Waals surface area contributed by atoms with Gasteiger partial charge in [-0.1, -0.05) is 6.07 Å². The second kappa shape index (κ2) is 6.27. The van der Waals surface area contributed by atoms with Crippen molar-refractivity contribution in [2.75, 3.05) is 7.05 Å². The molecule has 0 aliphatic rings. The Labute approximate surface area is 119 Å². The van der Waals surface area contributed by atoms with Crippen molar-refractivity contribution in [3.63, 3.8) is 0 Å². The van der Waals surface area contributed by atoms with Crippen LogP contribution >= 0.6 is 15.9 Å². The van der Waals surface area contributed by atoms with Crippen molar-refractivity contribution >= 4 is 37.6 Å². The number of Topliss-reactive ketones (excluding diaryl/α,β-unsaturated/α-hetero) is 1. The van der Waals surface area contributed by atoms with E-state index in [1.807, 2.05) is 0 Å². The summed E-state index contributed by atoms with van der Waals surface area (Å²) in [6, 6.07) is 4.11. The number of sulfonamides is 1. The lowest BCUT2D eigenvalue weighted by Gasteiger charge is -2.05. The lowest BCUT2D eigenvalue weighted by atomic mass is 10.1. The number of primary sulfonamides is 1. The predicted molar refractivity (Wildman–Crippen MR) is 73.1 cm³/mol. The largest absolute Gasteiger partial charge is 0.359 e. The number of nitrogens with two attached hydrogens (primary N) is 1. The maximum absolute atomic E-state index is 11.8. The van der Waals surface area contributed by atoms with Crippen molar-refractivity contribution in [2.24, 2.45) is 5.14 Å². The van der Waals surface area contributed by atoms with E-state index in [1.54, 1.807) is 0 Å². The molecular formula is C11H13BrN2O4S. The minimum Gasteiger partial charge on any atom is -0.359 e.